The summed E-state index contributed by atoms with van der Waals surface area (Å²) in [5.74, 6) is 2.16. The average Bonchev–Trinajstić information content (AvgIpc) is 2.11. The Morgan fingerprint density at radius 2 is 2.23 bits per heavy atom. The number of nitrogens with two attached hydrogens (primary N) is 1. The molecule has 0 aliphatic rings. The number of phenolic OH excluding ortho intramolecular Hbond substituents is 1. The van der Waals surface area contributed by atoms with Crippen molar-refractivity contribution in [3.8, 4) is 5.75 Å². The normalized spacial score (nSPS) is 10.3. The minimum atomic E-state index is 0.384. The van der Waals surface area contributed by atoms with Crippen molar-refractivity contribution >= 4 is 11.8 Å². The van der Waals surface area contributed by atoms with Crippen molar-refractivity contribution in [2.45, 2.75) is 12.7 Å². The van der Waals surface area contributed by atoms with Gasteiger partial charge in [0.25, 0.3) is 0 Å². The molecular formula is C10H15NOS. The van der Waals surface area contributed by atoms with E-state index in [2.05, 4.69) is 0 Å². The molecule has 72 valence electrons. The fourth-order valence-corrected chi connectivity index (χ4v) is 1.86. The van der Waals surface area contributed by atoms with E-state index in [1.165, 1.54) is 5.56 Å². The highest BCUT2D eigenvalue weighted by Crippen LogP contribution is 2.22. The lowest BCUT2D eigenvalue weighted by atomic mass is 10.1. The summed E-state index contributed by atoms with van der Waals surface area (Å²) in [6.45, 7) is 2.72. The molecule has 0 fully saturated rings. The first-order valence-electron chi connectivity index (χ1n) is 4.30. The second kappa shape index (κ2) is 5.14. The Morgan fingerprint density at radius 1 is 1.46 bits per heavy atom. The first-order chi connectivity index (χ1) is 6.24. The maximum atomic E-state index is 9.49. The zero-order chi connectivity index (χ0) is 9.68. The van der Waals surface area contributed by atoms with E-state index in [0.29, 0.717) is 12.3 Å². The van der Waals surface area contributed by atoms with Crippen LogP contribution >= 0.6 is 11.8 Å². The van der Waals surface area contributed by atoms with Gasteiger partial charge in [-0.25, -0.2) is 0 Å². The van der Waals surface area contributed by atoms with Crippen LogP contribution in [0.1, 0.15) is 11.1 Å². The molecule has 1 aromatic carbocycles. The number of aryl methyl sites for hydroxylation is 1. The Morgan fingerprint density at radius 3 is 2.92 bits per heavy atom. The lowest BCUT2D eigenvalue weighted by Crippen LogP contribution is -2.01. The van der Waals surface area contributed by atoms with Gasteiger partial charge in [0.2, 0.25) is 0 Å². The van der Waals surface area contributed by atoms with E-state index in [-0.39, 0.29) is 0 Å². The Kier molecular flexibility index (Phi) is 4.12. The van der Waals surface area contributed by atoms with Crippen molar-refractivity contribution in [1.82, 2.24) is 0 Å². The molecule has 0 bridgehead atoms. The van der Waals surface area contributed by atoms with Gasteiger partial charge in [0.15, 0.2) is 0 Å². The molecule has 0 saturated carbocycles. The predicted octanol–water partition coefficient (Wildman–Crippen LogP) is 1.89. The molecule has 0 saturated heterocycles. The largest absolute Gasteiger partial charge is 0.508 e. The van der Waals surface area contributed by atoms with Crippen LogP contribution in [0.2, 0.25) is 0 Å². The Hall–Kier alpha value is -0.670. The molecule has 0 amide bonds. The van der Waals surface area contributed by atoms with Crippen LogP contribution in [0, 0.1) is 6.92 Å². The van der Waals surface area contributed by atoms with Gasteiger partial charge < -0.3 is 10.8 Å². The summed E-state index contributed by atoms with van der Waals surface area (Å²) in [5, 5.41) is 9.49. The van der Waals surface area contributed by atoms with Crippen LogP contribution in [0.15, 0.2) is 18.2 Å². The standard InChI is InChI=1S/C10H15NOS/c1-8-2-3-10(12)9(6-8)7-13-5-4-11/h2-3,6,12H,4-5,7,11H2,1H3. The summed E-state index contributed by atoms with van der Waals surface area (Å²) in [5.41, 5.74) is 7.56. The predicted molar refractivity (Wildman–Crippen MR) is 58.1 cm³/mol. The molecule has 0 aliphatic carbocycles. The third-order valence-electron chi connectivity index (χ3n) is 1.75. The fraction of sp³-hybridized carbons (Fsp3) is 0.400. The number of hydrogen-bond donors (Lipinski definition) is 2. The lowest BCUT2D eigenvalue weighted by molar-refractivity contribution is 0.470. The maximum Gasteiger partial charge on any atom is 0.119 e. The molecule has 1 rings (SSSR count). The summed E-state index contributed by atoms with van der Waals surface area (Å²) >= 11 is 1.74. The highest BCUT2D eigenvalue weighted by molar-refractivity contribution is 7.98. The number of phenols is 1. The molecule has 3 N–H and O–H groups in total. The van der Waals surface area contributed by atoms with Crippen molar-refractivity contribution < 1.29 is 5.11 Å². The van der Waals surface area contributed by atoms with E-state index in [1.807, 2.05) is 19.1 Å². The van der Waals surface area contributed by atoms with Crippen LogP contribution in [-0.2, 0) is 5.75 Å². The van der Waals surface area contributed by atoms with Crippen molar-refractivity contribution in [3.05, 3.63) is 29.3 Å². The van der Waals surface area contributed by atoms with Gasteiger partial charge in [-0.2, -0.15) is 11.8 Å². The summed E-state index contributed by atoms with van der Waals surface area (Å²) in [6.07, 6.45) is 0. The van der Waals surface area contributed by atoms with Crippen molar-refractivity contribution in [1.29, 1.82) is 0 Å². The Labute approximate surface area is 83.1 Å². The first-order valence-corrected chi connectivity index (χ1v) is 5.46. The first kappa shape index (κ1) is 10.4. The third-order valence-corrected chi connectivity index (χ3v) is 2.79. The highest BCUT2D eigenvalue weighted by atomic mass is 32.2. The van der Waals surface area contributed by atoms with E-state index < -0.39 is 0 Å². The summed E-state index contributed by atoms with van der Waals surface area (Å²) in [6, 6.07) is 5.67. The van der Waals surface area contributed by atoms with Gasteiger partial charge in [-0.05, 0) is 13.0 Å². The SMILES string of the molecule is Cc1ccc(O)c(CSCCN)c1. The summed E-state index contributed by atoms with van der Waals surface area (Å²) < 4.78 is 0. The minimum absolute atomic E-state index is 0.384. The molecule has 0 aliphatic heterocycles. The van der Waals surface area contributed by atoms with Crippen LogP contribution in [0.25, 0.3) is 0 Å². The van der Waals surface area contributed by atoms with Gasteiger partial charge in [-0.3, -0.25) is 0 Å². The maximum absolute atomic E-state index is 9.49. The van der Waals surface area contributed by atoms with Crippen molar-refractivity contribution in [3.63, 3.8) is 0 Å². The van der Waals surface area contributed by atoms with Crippen LogP contribution in [0.3, 0.4) is 0 Å². The molecule has 0 aromatic heterocycles. The molecule has 13 heavy (non-hydrogen) atoms. The zero-order valence-electron chi connectivity index (χ0n) is 7.79. The van der Waals surface area contributed by atoms with Gasteiger partial charge in [-0.1, -0.05) is 17.7 Å². The molecule has 3 heteroatoms. The molecule has 2 nitrogen and oxygen atoms in total. The molecule has 0 atom stereocenters. The Balaban J connectivity index is 2.59. The fourth-order valence-electron chi connectivity index (χ4n) is 1.10. The molecule has 1 aromatic rings. The molecule has 0 unspecified atom stereocenters. The summed E-state index contributed by atoms with van der Waals surface area (Å²) in [7, 11) is 0. The molecule has 0 spiro atoms. The second-order valence-corrected chi connectivity index (χ2v) is 4.08. The van der Waals surface area contributed by atoms with Crippen LogP contribution in [0.5, 0.6) is 5.75 Å². The average molecular weight is 197 g/mol. The number of hydrogen-bond acceptors (Lipinski definition) is 3. The van der Waals surface area contributed by atoms with Crippen molar-refractivity contribution in [2.75, 3.05) is 12.3 Å². The van der Waals surface area contributed by atoms with E-state index in [4.69, 9.17) is 5.73 Å². The van der Waals surface area contributed by atoms with Gasteiger partial charge in [0.05, 0.1) is 0 Å². The number of thioether (sulfide) groups is 1. The third kappa shape index (κ3) is 3.28. The van der Waals surface area contributed by atoms with Gasteiger partial charge in [0.1, 0.15) is 5.75 Å². The smallest absolute Gasteiger partial charge is 0.119 e. The van der Waals surface area contributed by atoms with E-state index >= 15 is 0 Å². The zero-order valence-corrected chi connectivity index (χ0v) is 8.60. The summed E-state index contributed by atoms with van der Waals surface area (Å²) in [4.78, 5) is 0. The second-order valence-electron chi connectivity index (χ2n) is 2.97. The topological polar surface area (TPSA) is 46.2 Å². The quantitative estimate of drug-likeness (QED) is 0.725. The van der Waals surface area contributed by atoms with E-state index in [0.717, 1.165) is 17.1 Å². The van der Waals surface area contributed by atoms with E-state index in [9.17, 15) is 5.11 Å². The van der Waals surface area contributed by atoms with Crippen LogP contribution < -0.4 is 5.73 Å². The van der Waals surface area contributed by atoms with E-state index in [1.54, 1.807) is 17.8 Å². The Bertz CT molecular complexity index is 276. The van der Waals surface area contributed by atoms with Crippen molar-refractivity contribution in [2.24, 2.45) is 5.73 Å². The number of aromatic hydroxyl groups is 1. The highest BCUT2D eigenvalue weighted by Gasteiger charge is 2.00. The van der Waals surface area contributed by atoms with Gasteiger partial charge >= 0.3 is 0 Å². The van der Waals surface area contributed by atoms with Gasteiger partial charge in [-0.15, -0.1) is 0 Å². The number of rotatable bonds is 4. The van der Waals surface area contributed by atoms with Crippen LogP contribution in [0.4, 0.5) is 0 Å². The lowest BCUT2D eigenvalue weighted by Gasteiger charge is -2.04. The van der Waals surface area contributed by atoms with Crippen LogP contribution in [-0.4, -0.2) is 17.4 Å². The molecule has 0 heterocycles. The monoisotopic (exact) mass is 197 g/mol. The number of benzene rings is 1. The molecule has 0 radical (unpaired) electrons. The molecular weight excluding hydrogens is 182 g/mol. The minimum Gasteiger partial charge on any atom is -0.508 e. The van der Waals surface area contributed by atoms with Gasteiger partial charge in [0, 0.05) is 23.6 Å².